The smallest absolute Gasteiger partial charge is 0.332 e. The van der Waals surface area contributed by atoms with Gasteiger partial charge in [0.15, 0.2) is 5.54 Å². The minimum Gasteiger partial charge on any atom is -0.467 e. The average molecular weight is 417 g/mol. The molecule has 0 aromatic heterocycles. The van der Waals surface area contributed by atoms with Crippen molar-refractivity contribution >= 4 is 40.0 Å². The van der Waals surface area contributed by atoms with Crippen molar-refractivity contribution in [2.24, 2.45) is 0 Å². The molecule has 0 aliphatic carbocycles. The van der Waals surface area contributed by atoms with E-state index in [0.717, 1.165) is 17.5 Å². The molecule has 0 radical (unpaired) electrons. The van der Waals surface area contributed by atoms with E-state index in [0.29, 0.717) is 23.0 Å². The molecular formula is C20H20N2O4S2. The highest BCUT2D eigenvalue weighted by Crippen LogP contribution is 2.37. The van der Waals surface area contributed by atoms with Gasteiger partial charge in [0.05, 0.1) is 12.0 Å². The molecule has 2 aromatic carbocycles. The fourth-order valence-electron chi connectivity index (χ4n) is 3.35. The summed E-state index contributed by atoms with van der Waals surface area (Å²) < 4.78 is 5.81. The van der Waals surface area contributed by atoms with Crippen LogP contribution in [0.1, 0.15) is 11.1 Å². The second-order valence-electron chi connectivity index (χ2n) is 6.57. The topological polar surface area (TPSA) is 72.7 Å². The Kier molecular flexibility index (Phi) is 6.31. The quantitative estimate of drug-likeness (QED) is 0.295. The zero-order chi connectivity index (χ0) is 20.1. The third-order valence-corrected chi connectivity index (χ3v) is 6.51. The second kappa shape index (κ2) is 8.70. The molecule has 6 nitrogen and oxygen atoms in total. The highest BCUT2D eigenvalue weighted by atomic mass is 32.2. The molecule has 146 valence electrons. The molecular weight excluding hydrogens is 396 g/mol. The maximum absolute atomic E-state index is 12.8. The Bertz CT molecular complexity index is 874. The van der Waals surface area contributed by atoms with Gasteiger partial charge in [-0.2, -0.15) is 0 Å². The minimum absolute atomic E-state index is 0.0214. The lowest BCUT2D eigenvalue weighted by atomic mass is 9.90. The van der Waals surface area contributed by atoms with Crippen molar-refractivity contribution < 1.29 is 14.5 Å². The Labute approximate surface area is 173 Å². The molecule has 8 heteroatoms. The maximum atomic E-state index is 12.8. The summed E-state index contributed by atoms with van der Waals surface area (Å²) in [5.74, 6) is 0.149. The van der Waals surface area contributed by atoms with Gasteiger partial charge in [0, 0.05) is 30.9 Å². The van der Waals surface area contributed by atoms with Gasteiger partial charge in [-0.1, -0.05) is 66.4 Å². The zero-order valence-corrected chi connectivity index (χ0v) is 17.0. The number of carbonyl (C=O) groups is 1. The number of hydrogen-bond donors (Lipinski definition) is 0. The highest BCUT2D eigenvalue weighted by molar-refractivity contribution is 8.23. The van der Waals surface area contributed by atoms with Crippen LogP contribution in [0.25, 0.3) is 0 Å². The summed E-state index contributed by atoms with van der Waals surface area (Å²) in [4.78, 5) is 25.2. The number of nitro benzene ring substituents is 1. The molecule has 3 rings (SSSR count). The Morgan fingerprint density at radius 2 is 1.89 bits per heavy atom. The van der Waals surface area contributed by atoms with Gasteiger partial charge < -0.3 is 9.64 Å². The number of methoxy groups -OCH3 is 1. The largest absolute Gasteiger partial charge is 0.467 e. The molecule has 1 aliphatic rings. The van der Waals surface area contributed by atoms with E-state index >= 15 is 0 Å². The summed E-state index contributed by atoms with van der Waals surface area (Å²) in [6.07, 6.45) is 1.13. The number of carbonyl (C=O) groups excluding carboxylic acids is 1. The SMILES string of the molecule is COC(=O)C1(Cc2ccc([N+](=O)[O-])cc2)CSC(=S)N1CCc1ccccc1. The van der Waals surface area contributed by atoms with E-state index in [2.05, 4.69) is 0 Å². The Hall–Kier alpha value is -2.45. The van der Waals surface area contributed by atoms with Crippen molar-refractivity contribution in [1.29, 1.82) is 0 Å². The molecule has 1 aliphatic heterocycles. The van der Waals surface area contributed by atoms with Crippen LogP contribution in [0.2, 0.25) is 0 Å². The van der Waals surface area contributed by atoms with Crippen molar-refractivity contribution in [2.75, 3.05) is 19.4 Å². The van der Waals surface area contributed by atoms with Gasteiger partial charge >= 0.3 is 5.97 Å². The van der Waals surface area contributed by atoms with Crippen LogP contribution in [0.15, 0.2) is 54.6 Å². The number of nitrogens with zero attached hydrogens (tertiary/aromatic N) is 2. The van der Waals surface area contributed by atoms with Gasteiger partial charge in [-0.25, -0.2) is 4.79 Å². The number of hydrogen-bond acceptors (Lipinski definition) is 6. The first-order valence-corrected chi connectivity index (χ1v) is 10.2. The molecule has 1 atom stereocenters. The molecule has 0 spiro atoms. The number of ether oxygens (including phenoxy) is 1. The van der Waals surface area contributed by atoms with E-state index in [1.54, 1.807) is 12.1 Å². The minimum atomic E-state index is -0.915. The predicted molar refractivity (Wildman–Crippen MR) is 113 cm³/mol. The summed E-state index contributed by atoms with van der Waals surface area (Å²) >= 11 is 7.00. The number of benzene rings is 2. The van der Waals surface area contributed by atoms with Gasteiger partial charge in [-0.15, -0.1) is 0 Å². The van der Waals surface area contributed by atoms with E-state index in [1.165, 1.54) is 31.0 Å². The van der Waals surface area contributed by atoms with E-state index < -0.39 is 10.5 Å². The zero-order valence-electron chi connectivity index (χ0n) is 15.4. The van der Waals surface area contributed by atoms with Crippen molar-refractivity contribution in [3.05, 3.63) is 75.8 Å². The lowest BCUT2D eigenvalue weighted by Crippen LogP contribution is -2.56. The van der Waals surface area contributed by atoms with Crippen LogP contribution in [0.3, 0.4) is 0 Å². The normalized spacial score (nSPS) is 18.9. The van der Waals surface area contributed by atoms with E-state index in [-0.39, 0.29) is 11.7 Å². The van der Waals surface area contributed by atoms with Gasteiger partial charge in [0.1, 0.15) is 4.32 Å². The molecule has 1 unspecified atom stereocenters. The van der Waals surface area contributed by atoms with Gasteiger partial charge in [0.2, 0.25) is 0 Å². The fourth-order valence-corrected chi connectivity index (χ4v) is 4.96. The van der Waals surface area contributed by atoms with Gasteiger partial charge in [-0.05, 0) is 17.5 Å². The summed E-state index contributed by atoms with van der Waals surface area (Å²) in [6, 6.07) is 16.3. The van der Waals surface area contributed by atoms with E-state index in [9.17, 15) is 14.9 Å². The monoisotopic (exact) mass is 416 g/mol. The third-order valence-electron chi connectivity index (χ3n) is 4.85. The van der Waals surface area contributed by atoms with Gasteiger partial charge in [0.25, 0.3) is 5.69 Å². The second-order valence-corrected chi connectivity index (χ2v) is 8.17. The van der Waals surface area contributed by atoms with Crippen LogP contribution in [0.5, 0.6) is 0 Å². The van der Waals surface area contributed by atoms with Crippen molar-refractivity contribution in [3.63, 3.8) is 0 Å². The number of nitro groups is 1. The molecule has 2 aromatic rings. The van der Waals surface area contributed by atoms with Crippen LogP contribution in [-0.2, 0) is 22.4 Å². The molecule has 1 fully saturated rings. The summed E-state index contributed by atoms with van der Waals surface area (Å²) in [6.45, 7) is 0.595. The van der Waals surface area contributed by atoms with Crippen LogP contribution in [0, 0.1) is 10.1 Å². The van der Waals surface area contributed by atoms with E-state index in [1.807, 2.05) is 35.2 Å². The third kappa shape index (κ3) is 4.18. The standard InChI is InChI=1S/C20H20N2O4S2/c1-26-18(23)20(13-16-7-9-17(10-8-16)22(24)25)14-28-19(27)21(20)12-11-15-5-3-2-4-6-15/h2-10H,11-14H2,1H3. The number of thiocarbonyl (C=S) groups is 1. The van der Waals surface area contributed by atoms with Crippen LogP contribution >= 0.6 is 24.0 Å². The molecule has 28 heavy (non-hydrogen) atoms. The molecule has 1 saturated heterocycles. The highest BCUT2D eigenvalue weighted by Gasteiger charge is 2.51. The summed E-state index contributed by atoms with van der Waals surface area (Å²) in [7, 11) is 1.38. The first-order chi connectivity index (χ1) is 13.5. The predicted octanol–water partition coefficient (Wildman–Crippen LogP) is 3.63. The molecule has 0 N–H and O–H groups in total. The number of non-ortho nitro benzene ring substituents is 1. The Balaban J connectivity index is 1.86. The molecule has 0 amide bonds. The van der Waals surface area contributed by atoms with E-state index in [4.69, 9.17) is 17.0 Å². The van der Waals surface area contributed by atoms with Gasteiger partial charge in [-0.3, -0.25) is 10.1 Å². The van der Waals surface area contributed by atoms with Crippen molar-refractivity contribution in [2.45, 2.75) is 18.4 Å². The molecule has 0 bridgehead atoms. The summed E-state index contributed by atoms with van der Waals surface area (Å²) in [5, 5.41) is 10.9. The first kappa shape index (κ1) is 20.3. The van der Waals surface area contributed by atoms with Crippen molar-refractivity contribution in [3.8, 4) is 0 Å². The Morgan fingerprint density at radius 1 is 1.21 bits per heavy atom. The average Bonchev–Trinajstić information content (AvgIpc) is 3.03. The lowest BCUT2D eigenvalue weighted by molar-refractivity contribution is -0.384. The molecule has 1 heterocycles. The number of esters is 1. The number of rotatable bonds is 7. The number of thioether (sulfide) groups is 1. The molecule has 0 saturated carbocycles. The first-order valence-electron chi connectivity index (χ1n) is 8.76. The van der Waals surface area contributed by atoms with Crippen LogP contribution < -0.4 is 0 Å². The Morgan fingerprint density at radius 3 is 2.50 bits per heavy atom. The van der Waals surface area contributed by atoms with Crippen LogP contribution in [-0.4, -0.2) is 45.1 Å². The lowest BCUT2D eigenvalue weighted by Gasteiger charge is -2.36. The summed E-state index contributed by atoms with van der Waals surface area (Å²) in [5.41, 5.74) is 1.09. The fraction of sp³-hybridized carbons (Fsp3) is 0.300. The maximum Gasteiger partial charge on any atom is 0.332 e. The van der Waals surface area contributed by atoms with Crippen molar-refractivity contribution in [1.82, 2.24) is 4.90 Å². The van der Waals surface area contributed by atoms with Crippen LogP contribution in [0.4, 0.5) is 5.69 Å².